The number of benzene rings is 2. The van der Waals surface area contributed by atoms with E-state index >= 15 is 0 Å². The topological polar surface area (TPSA) is 117 Å². The summed E-state index contributed by atoms with van der Waals surface area (Å²) in [5.41, 5.74) is 0.265. The van der Waals surface area contributed by atoms with Crippen molar-refractivity contribution in [2.75, 3.05) is 13.2 Å². The molecule has 0 radical (unpaired) electrons. The van der Waals surface area contributed by atoms with E-state index in [4.69, 9.17) is 19.0 Å². The fraction of sp³-hybridized carbons (Fsp3) is 0.414. The maximum Gasteiger partial charge on any atom is 0.339 e. The van der Waals surface area contributed by atoms with Crippen molar-refractivity contribution in [3.05, 3.63) is 98.1 Å². The lowest BCUT2D eigenvalue weighted by Gasteiger charge is -2.45. The van der Waals surface area contributed by atoms with Crippen molar-refractivity contribution >= 4 is 20.1 Å². The van der Waals surface area contributed by atoms with Crippen LogP contribution < -0.4 is 0 Å². The first kappa shape index (κ1) is 31.2. The molecule has 0 amide bonds. The van der Waals surface area contributed by atoms with Crippen LogP contribution in [0.1, 0.15) is 52.7 Å². The van der Waals surface area contributed by atoms with E-state index in [0.717, 1.165) is 5.56 Å². The first-order chi connectivity index (χ1) is 19.0. The van der Waals surface area contributed by atoms with Crippen LogP contribution >= 0.6 is 8.46 Å². The largest absolute Gasteiger partial charge is 0.460 e. The Morgan fingerprint density at radius 2 is 1.70 bits per heavy atom. The molecular formula is C29H37N2O8P. The molecule has 1 aliphatic heterocycles. The molecule has 2 aromatic rings. The number of hydrogen-bond acceptors (Lipinski definition) is 9. The SMILES string of the molecule is CC1=C([PH2]=O)C(OC(C)C)(c2cccc([N+](=O)[O-])c2)C(C(=O)OCCOCc2ccccc2)=C(C)N1OC(C)C. The Balaban J connectivity index is 2.08. The number of non-ortho nitro benzene ring substituents is 1. The molecule has 1 heterocycles. The van der Waals surface area contributed by atoms with Gasteiger partial charge in [-0.3, -0.25) is 15.0 Å². The Kier molecular flexibility index (Phi) is 10.8. The highest BCUT2D eigenvalue weighted by molar-refractivity contribution is 7.29. The smallest absolute Gasteiger partial charge is 0.339 e. The number of carbonyl (C=O) groups is 1. The van der Waals surface area contributed by atoms with Gasteiger partial charge in [-0.2, -0.15) is 0 Å². The second kappa shape index (κ2) is 13.9. The molecule has 0 spiro atoms. The van der Waals surface area contributed by atoms with E-state index in [1.54, 1.807) is 33.8 Å². The maximum absolute atomic E-state index is 13.9. The van der Waals surface area contributed by atoms with Crippen molar-refractivity contribution in [2.45, 2.75) is 66.0 Å². The van der Waals surface area contributed by atoms with Gasteiger partial charge in [0.15, 0.2) is 5.60 Å². The summed E-state index contributed by atoms with van der Waals surface area (Å²) in [6.07, 6.45) is -0.733. The average Bonchev–Trinajstić information content (AvgIpc) is 2.91. The molecule has 2 atom stereocenters. The lowest BCUT2D eigenvalue weighted by molar-refractivity contribution is -0.385. The summed E-state index contributed by atoms with van der Waals surface area (Å²) >= 11 is 0. The molecule has 40 heavy (non-hydrogen) atoms. The Morgan fingerprint density at radius 3 is 2.30 bits per heavy atom. The summed E-state index contributed by atoms with van der Waals surface area (Å²) < 4.78 is 30.8. The third-order valence-electron chi connectivity index (χ3n) is 6.18. The van der Waals surface area contributed by atoms with Gasteiger partial charge in [0.25, 0.3) is 5.69 Å². The highest BCUT2D eigenvalue weighted by Crippen LogP contribution is 2.53. The van der Waals surface area contributed by atoms with Crippen LogP contribution in [0.15, 0.2) is 76.9 Å². The van der Waals surface area contributed by atoms with E-state index in [1.807, 2.05) is 44.2 Å². The zero-order valence-electron chi connectivity index (χ0n) is 23.7. The van der Waals surface area contributed by atoms with Gasteiger partial charge in [0.05, 0.1) is 55.8 Å². The van der Waals surface area contributed by atoms with Gasteiger partial charge in [0.1, 0.15) is 6.61 Å². The van der Waals surface area contributed by atoms with E-state index in [9.17, 15) is 19.5 Å². The van der Waals surface area contributed by atoms with Crippen molar-refractivity contribution in [1.29, 1.82) is 0 Å². The average molecular weight is 573 g/mol. The Hall–Kier alpha value is -3.30. The van der Waals surface area contributed by atoms with Crippen LogP contribution in [0.25, 0.3) is 0 Å². The summed E-state index contributed by atoms with van der Waals surface area (Å²) in [6, 6.07) is 15.4. The maximum atomic E-state index is 13.9. The lowest BCUT2D eigenvalue weighted by Crippen LogP contribution is -2.46. The second-order valence-corrected chi connectivity index (χ2v) is 10.7. The molecule has 2 aromatic carbocycles. The Morgan fingerprint density at radius 1 is 1.00 bits per heavy atom. The number of nitro groups is 1. The number of esters is 1. The number of nitrogens with zero attached hydrogens (tertiary/aromatic N) is 2. The molecule has 216 valence electrons. The lowest BCUT2D eigenvalue weighted by atomic mass is 9.80. The number of carbonyl (C=O) groups excluding carboxylic acids is 1. The predicted molar refractivity (Wildman–Crippen MR) is 152 cm³/mol. The molecule has 11 heteroatoms. The van der Waals surface area contributed by atoms with Crippen molar-refractivity contribution < 1.29 is 33.3 Å². The minimum absolute atomic E-state index is 0.0364. The molecule has 0 fully saturated rings. The van der Waals surface area contributed by atoms with Crippen molar-refractivity contribution in [2.24, 2.45) is 0 Å². The molecule has 0 N–H and O–H groups in total. The zero-order valence-corrected chi connectivity index (χ0v) is 24.9. The van der Waals surface area contributed by atoms with Crippen molar-refractivity contribution in [3.63, 3.8) is 0 Å². The molecule has 10 nitrogen and oxygen atoms in total. The van der Waals surface area contributed by atoms with E-state index in [1.165, 1.54) is 23.3 Å². The van der Waals surface area contributed by atoms with E-state index < -0.39 is 31.1 Å². The molecule has 0 saturated carbocycles. The number of ether oxygens (including phenoxy) is 3. The molecule has 2 unspecified atom stereocenters. The summed E-state index contributed by atoms with van der Waals surface area (Å²) in [5, 5.41) is 13.4. The fourth-order valence-corrected chi connectivity index (χ4v) is 5.48. The number of rotatable bonds is 13. The van der Waals surface area contributed by atoms with E-state index in [0.29, 0.717) is 23.6 Å². The van der Waals surface area contributed by atoms with E-state index in [-0.39, 0.29) is 35.9 Å². The number of allylic oxidation sites excluding steroid dienone is 2. The molecule has 1 aliphatic rings. The van der Waals surface area contributed by atoms with Crippen LogP contribution in [0.2, 0.25) is 0 Å². The third kappa shape index (κ3) is 6.88. The zero-order chi connectivity index (χ0) is 29.4. The summed E-state index contributed by atoms with van der Waals surface area (Å²) in [4.78, 5) is 31.1. The monoisotopic (exact) mass is 572 g/mol. The van der Waals surface area contributed by atoms with Gasteiger partial charge in [-0.25, -0.2) is 9.86 Å². The molecule has 0 saturated heterocycles. The van der Waals surface area contributed by atoms with Gasteiger partial charge in [-0.05, 0) is 47.1 Å². The normalized spacial score (nSPS) is 17.9. The van der Waals surface area contributed by atoms with Crippen LogP contribution in [0.3, 0.4) is 0 Å². The van der Waals surface area contributed by atoms with Crippen molar-refractivity contribution in [1.82, 2.24) is 5.06 Å². The van der Waals surface area contributed by atoms with Gasteiger partial charge in [-0.1, -0.05) is 42.5 Å². The summed E-state index contributed by atoms with van der Waals surface area (Å²) in [7, 11) is -1.66. The van der Waals surface area contributed by atoms with Crippen LogP contribution in [0, 0.1) is 10.1 Å². The summed E-state index contributed by atoms with van der Waals surface area (Å²) in [5.74, 6) is -0.733. The Labute approximate surface area is 235 Å². The van der Waals surface area contributed by atoms with Crippen LogP contribution in [-0.2, 0) is 40.6 Å². The predicted octanol–water partition coefficient (Wildman–Crippen LogP) is 5.89. The van der Waals surface area contributed by atoms with Crippen LogP contribution in [0.5, 0.6) is 0 Å². The molecule has 0 aromatic heterocycles. The number of hydroxylamine groups is 2. The van der Waals surface area contributed by atoms with E-state index in [2.05, 4.69) is 0 Å². The van der Waals surface area contributed by atoms with Crippen molar-refractivity contribution in [3.8, 4) is 0 Å². The number of nitro benzene ring substituents is 1. The molecular weight excluding hydrogens is 535 g/mol. The highest BCUT2D eigenvalue weighted by Gasteiger charge is 2.52. The van der Waals surface area contributed by atoms with Gasteiger partial charge in [-0.15, -0.1) is 0 Å². The van der Waals surface area contributed by atoms with Gasteiger partial charge in [0.2, 0.25) is 0 Å². The quantitative estimate of drug-likeness (QED) is 0.0951. The standard InChI is InChI=1S/C29H37N2O8P/c1-19(2)38-29(24-13-10-14-25(17-24)31(33)34)26(21(5)30(39-20(3)4)22(6)27(29)40-35)28(32)37-16-15-36-18-23-11-8-7-9-12-23/h7-14,17,19-20H,15-16,18,40H2,1-6H3. The van der Waals surface area contributed by atoms with Crippen LogP contribution in [0.4, 0.5) is 5.69 Å². The molecule has 0 aliphatic carbocycles. The van der Waals surface area contributed by atoms with Gasteiger partial charge >= 0.3 is 5.97 Å². The first-order valence-electron chi connectivity index (χ1n) is 13.1. The number of hydrogen-bond donors (Lipinski definition) is 0. The molecule has 3 rings (SSSR count). The van der Waals surface area contributed by atoms with Crippen LogP contribution in [-0.4, -0.2) is 41.4 Å². The first-order valence-corrected chi connectivity index (χ1v) is 14.1. The van der Waals surface area contributed by atoms with Gasteiger partial charge in [0, 0.05) is 23.0 Å². The minimum atomic E-state index is -1.70. The highest BCUT2D eigenvalue weighted by atomic mass is 31.1. The molecule has 0 bridgehead atoms. The summed E-state index contributed by atoms with van der Waals surface area (Å²) in [6.45, 7) is 11.1. The second-order valence-electron chi connectivity index (χ2n) is 9.86. The fourth-order valence-electron chi connectivity index (χ4n) is 4.65. The minimum Gasteiger partial charge on any atom is -0.460 e. The van der Waals surface area contributed by atoms with Gasteiger partial charge < -0.3 is 18.8 Å². The third-order valence-corrected chi connectivity index (χ3v) is 7.24. The Bertz CT molecular complexity index is 1290.